The summed E-state index contributed by atoms with van der Waals surface area (Å²) in [5.41, 5.74) is 0. The van der Waals surface area contributed by atoms with Gasteiger partial charge in [-0.05, 0) is 55.7 Å². The molecular formula is C27H46O4Si. The second kappa shape index (κ2) is 9.70. The van der Waals surface area contributed by atoms with E-state index in [-0.39, 0.29) is 29.0 Å². The molecule has 3 saturated carbocycles. The van der Waals surface area contributed by atoms with Crippen molar-refractivity contribution in [3.8, 4) is 11.8 Å². The molecule has 0 amide bonds. The summed E-state index contributed by atoms with van der Waals surface area (Å²) in [6, 6.07) is 0. The van der Waals surface area contributed by atoms with Crippen molar-refractivity contribution in [2.24, 2.45) is 23.7 Å². The van der Waals surface area contributed by atoms with Gasteiger partial charge in [0.2, 0.25) is 0 Å². The van der Waals surface area contributed by atoms with E-state index in [1.807, 2.05) is 0 Å². The van der Waals surface area contributed by atoms with E-state index in [4.69, 9.17) is 13.9 Å². The van der Waals surface area contributed by atoms with Crippen LogP contribution in [0.4, 0.5) is 0 Å². The average Bonchev–Trinajstić information content (AvgIpc) is 3.17. The molecule has 4 rings (SSSR count). The lowest BCUT2D eigenvalue weighted by Crippen LogP contribution is -2.60. The highest BCUT2D eigenvalue weighted by Gasteiger charge is 2.62. The number of hydrogen-bond donors (Lipinski definition) is 1. The molecule has 1 aliphatic heterocycles. The fourth-order valence-corrected chi connectivity index (χ4v) is 7.37. The Bertz CT molecular complexity index is 689. The van der Waals surface area contributed by atoms with Crippen molar-refractivity contribution in [3.05, 3.63) is 0 Å². The third kappa shape index (κ3) is 5.00. The molecule has 32 heavy (non-hydrogen) atoms. The molecule has 0 radical (unpaired) electrons. The van der Waals surface area contributed by atoms with Crippen molar-refractivity contribution in [1.82, 2.24) is 0 Å². The van der Waals surface area contributed by atoms with Crippen LogP contribution in [-0.4, -0.2) is 44.6 Å². The second-order valence-corrected chi connectivity index (χ2v) is 17.1. The van der Waals surface area contributed by atoms with E-state index in [1.165, 1.54) is 44.9 Å². The van der Waals surface area contributed by atoms with E-state index in [0.29, 0.717) is 31.0 Å². The highest BCUT2D eigenvalue weighted by molar-refractivity contribution is 6.74. The maximum Gasteiger partial charge on any atom is 0.193 e. The fourth-order valence-electron chi connectivity index (χ4n) is 6.13. The third-order valence-electron chi connectivity index (χ3n) is 9.23. The number of ether oxygens (including phenoxy) is 2. The molecular weight excluding hydrogens is 416 g/mol. The average molecular weight is 463 g/mol. The van der Waals surface area contributed by atoms with Gasteiger partial charge in [0.15, 0.2) is 14.1 Å². The van der Waals surface area contributed by atoms with Crippen LogP contribution in [0.15, 0.2) is 0 Å². The predicted molar refractivity (Wildman–Crippen MR) is 131 cm³/mol. The van der Waals surface area contributed by atoms with Crippen LogP contribution in [0.5, 0.6) is 0 Å². The summed E-state index contributed by atoms with van der Waals surface area (Å²) < 4.78 is 19.0. The molecule has 4 nitrogen and oxygen atoms in total. The summed E-state index contributed by atoms with van der Waals surface area (Å²) in [4.78, 5) is 0. The molecule has 4 fully saturated rings. The number of aliphatic hydroxyl groups is 1. The Morgan fingerprint density at radius 2 is 1.59 bits per heavy atom. The van der Waals surface area contributed by atoms with Gasteiger partial charge < -0.3 is 19.0 Å². The van der Waals surface area contributed by atoms with Crippen molar-refractivity contribution < 1.29 is 19.0 Å². The molecule has 0 aromatic rings. The molecule has 3 aliphatic carbocycles. The number of aliphatic hydroxyl groups excluding tert-OH is 1. The summed E-state index contributed by atoms with van der Waals surface area (Å²) in [6.45, 7) is 13.0. The molecule has 4 aliphatic rings. The molecule has 0 bridgehead atoms. The molecule has 0 aromatic heterocycles. The quantitative estimate of drug-likeness (QED) is 0.419. The zero-order chi connectivity index (χ0) is 23.0. The topological polar surface area (TPSA) is 47.9 Å². The van der Waals surface area contributed by atoms with Crippen molar-refractivity contribution in [2.75, 3.05) is 13.2 Å². The minimum Gasteiger partial charge on any atom is -0.403 e. The Hall–Kier alpha value is -0.383. The molecule has 0 aromatic carbocycles. The predicted octanol–water partition coefficient (Wildman–Crippen LogP) is 5.89. The van der Waals surface area contributed by atoms with Gasteiger partial charge in [0.1, 0.15) is 6.10 Å². The maximum atomic E-state index is 10.9. The smallest absolute Gasteiger partial charge is 0.193 e. The minimum absolute atomic E-state index is 0.00501. The van der Waals surface area contributed by atoms with E-state index < -0.39 is 8.32 Å². The van der Waals surface area contributed by atoms with Crippen LogP contribution >= 0.6 is 0 Å². The van der Waals surface area contributed by atoms with E-state index in [2.05, 4.69) is 45.7 Å². The summed E-state index contributed by atoms with van der Waals surface area (Å²) in [7, 11) is -1.93. The first-order chi connectivity index (χ1) is 15.1. The van der Waals surface area contributed by atoms with Gasteiger partial charge in [-0.1, -0.05) is 64.7 Å². The highest BCUT2D eigenvalue weighted by Crippen LogP contribution is 2.57. The van der Waals surface area contributed by atoms with Gasteiger partial charge >= 0.3 is 0 Å². The number of fused-ring (bicyclic) bond motifs is 2. The summed E-state index contributed by atoms with van der Waals surface area (Å²) in [5, 5.41) is 11.0. The molecule has 5 atom stereocenters. The Labute approximate surface area is 197 Å². The van der Waals surface area contributed by atoms with Crippen LogP contribution in [0.25, 0.3) is 0 Å². The van der Waals surface area contributed by atoms with E-state index >= 15 is 0 Å². The van der Waals surface area contributed by atoms with E-state index in [1.54, 1.807) is 0 Å². The fraction of sp³-hybridized carbons (Fsp3) is 0.926. The van der Waals surface area contributed by atoms with Gasteiger partial charge in [-0.15, -0.1) is 0 Å². The second-order valence-electron chi connectivity index (χ2n) is 12.3. The van der Waals surface area contributed by atoms with Crippen molar-refractivity contribution in [3.63, 3.8) is 0 Å². The molecule has 1 spiro atoms. The Morgan fingerprint density at radius 1 is 0.969 bits per heavy atom. The van der Waals surface area contributed by atoms with Crippen LogP contribution in [0, 0.1) is 35.5 Å². The first-order valence-corrected chi connectivity index (χ1v) is 16.2. The van der Waals surface area contributed by atoms with Gasteiger partial charge in [-0.2, -0.15) is 0 Å². The summed E-state index contributed by atoms with van der Waals surface area (Å²) >= 11 is 0. The van der Waals surface area contributed by atoms with Crippen molar-refractivity contribution in [1.29, 1.82) is 0 Å². The Morgan fingerprint density at radius 3 is 2.22 bits per heavy atom. The molecule has 1 N–H and O–H groups in total. The van der Waals surface area contributed by atoms with Gasteiger partial charge in [0, 0.05) is 18.3 Å². The van der Waals surface area contributed by atoms with Crippen LogP contribution in [0.1, 0.15) is 85.0 Å². The number of hydrogen-bond acceptors (Lipinski definition) is 4. The van der Waals surface area contributed by atoms with Crippen LogP contribution < -0.4 is 0 Å². The minimum atomic E-state index is -1.93. The zero-order valence-corrected chi connectivity index (χ0v) is 22.1. The first-order valence-electron chi connectivity index (χ1n) is 13.3. The van der Waals surface area contributed by atoms with Crippen LogP contribution in [0.2, 0.25) is 18.1 Å². The standard InChI is InChI=1S/C27H46O4Si/c1-26(2,3)32(4,5)31-25(20-11-9-7-6-8-10-12-20)16-13-21-22-19-27(29-17-18-30-27)23(22)14-15-24(21)28/h20-25,28H,6-12,14-15,17-19H2,1-5H3/t21-,22-,23+,24-,25-/m0/s1. The monoisotopic (exact) mass is 462 g/mol. The molecule has 5 heteroatoms. The molecule has 1 saturated heterocycles. The van der Waals surface area contributed by atoms with Crippen LogP contribution in [-0.2, 0) is 13.9 Å². The maximum absolute atomic E-state index is 10.9. The van der Waals surface area contributed by atoms with Gasteiger partial charge in [-0.25, -0.2) is 0 Å². The lowest BCUT2D eigenvalue weighted by atomic mass is 9.56. The zero-order valence-electron chi connectivity index (χ0n) is 21.1. The SMILES string of the molecule is CC(C)(C)[Si](C)(C)O[C@@H](C#C[C@H]1[C@@H]2CC3(OCCO3)[C@@H]2CC[C@@H]1O)C1CCCCCCC1. The highest BCUT2D eigenvalue weighted by atomic mass is 28.4. The van der Waals surface area contributed by atoms with Crippen molar-refractivity contribution >= 4 is 8.32 Å². The molecule has 1 heterocycles. The van der Waals surface area contributed by atoms with Crippen molar-refractivity contribution in [2.45, 2.75) is 121 Å². The Balaban J connectivity index is 1.53. The van der Waals surface area contributed by atoms with E-state index in [9.17, 15) is 5.11 Å². The molecule has 0 unspecified atom stereocenters. The van der Waals surface area contributed by atoms with Gasteiger partial charge in [-0.3, -0.25) is 0 Å². The summed E-state index contributed by atoms with van der Waals surface area (Å²) in [6.07, 6.45) is 11.4. The third-order valence-corrected chi connectivity index (χ3v) is 13.7. The normalized spacial score (nSPS) is 34.6. The van der Waals surface area contributed by atoms with E-state index in [0.717, 1.165) is 19.3 Å². The lowest BCUT2D eigenvalue weighted by Gasteiger charge is -2.56. The van der Waals surface area contributed by atoms with Gasteiger partial charge in [0.25, 0.3) is 0 Å². The largest absolute Gasteiger partial charge is 0.403 e. The van der Waals surface area contributed by atoms with Crippen LogP contribution in [0.3, 0.4) is 0 Å². The Kier molecular flexibility index (Phi) is 7.50. The number of rotatable bonds is 3. The lowest BCUT2D eigenvalue weighted by molar-refractivity contribution is -0.296. The first kappa shape index (κ1) is 24.7. The van der Waals surface area contributed by atoms with Gasteiger partial charge in [0.05, 0.1) is 19.3 Å². The molecule has 182 valence electrons. The summed E-state index contributed by atoms with van der Waals surface area (Å²) in [5.74, 6) is 8.18.